The Balaban J connectivity index is 1.50. The molecule has 3 rings (SSSR count). The molecule has 1 heterocycles. The summed E-state index contributed by atoms with van der Waals surface area (Å²) in [6.45, 7) is 1.99. The SMILES string of the molecule is O=C(COCc1ccccc1Cl)N1CCCN(C(=O)c2ccccc2F)CC1. The highest BCUT2D eigenvalue weighted by Crippen LogP contribution is 2.16. The van der Waals surface area contributed by atoms with E-state index < -0.39 is 5.82 Å². The van der Waals surface area contributed by atoms with Crippen LogP contribution in [0.2, 0.25) is 5.02 Å². The Morgan fingerprint density at radius 2 is 1.64 bits per heavy atom. The number of ether oxygens (including phenoxy) is 1. The van der Waals surface area contributed by atoms with Gasteiger partial charge in [0.2, 0.25) is 5.91 Å². The van der Waals surface area contributed by atoms with E-state index in [-0.39, 0.29) is 30.6 Å². The van der Waals surface area contributed by atoms with Crippen molar-refractivity contribution in [1.29, 1.82) is 0 Å². The number of carbonyl (C=O) groups is 2. The Bertz CT molecular complexity index is 846. The molecule has 0 unspecified atom stereocenters. The average Bonchev–Trinajstić information content (AvgIpc) is 2.95. The minimum Gasteiger partial charge on any atom is -0.367 e. The van der Waals surface area contributed by atoms with Gasteiger partial charge in [-0.25, -0.2) is 4.39 Å². The number of hydrogen-bond acceptors (Lipinski definition) is 3. The molecule has 2 aromatic rings. The van der Waals surface area contributed by atoms with Crippen molar-refractivity contribution in [2.45, 2.75) is 13.0 Å². The lowest BCUT2D eigenvalue weighted by Crippen LogP contribution is -2.39. The van der Waals surface area contributed by atoms with Crippen molar-refractivity contribution < 1.29 is 18.7 Å². The summed E-state index contributed by atoms with van der Waals surface area (Å²) in [6.07, 6.45) is 0.635. The van der Waals surface area contributed by atoms with Crippen LogP contribution >= 0.6 is 11.6 Å². The van der Waals surface area contributed by atoms with Crippen LogP contribution in [0.3, 0.4) is 0 Å². The van der Waals surface area contributed by atoms with Gasteiger partial charge in [-0.1, -0.05) is 41.9 Å². The minimum atomic E-state index is -0.530. The zero-order valence-corrected chi connectivity index (χ0v) is 16.2. The fourth-order valence-corrected chi connectivity index (χ4v) is 3.32. The molecule has 0 N–H and O–H groups in total. The van der Waals surface area contributed by atoms with Crippen LogP contribution in [0.25, 0.3) is 0 Å². The number of halogens is 2. The van der Waals surface area contributed by atoms with Crippen LogP contribution in [-0.4, -0.2) is 54.4 Å². The molecule has 148 valence electrons. The standard InChI is InChI=1S/C21H22ClFN2O3/c22-18-8-3-1-6-16(18)14-28-15-20(26)24-10-5-11-25(13-12-24)21(27)17-7-2-4-9-19(17)23/h1-4,6-9H,5,10-15H2. The highest BCUT2D eigenvalue weighted by molar-refractivity contribution is 6.31. The van der Waals surface area contributed by atoms with Gasteiger partial charge >= 0.3 is 0 Å². The van der Waals surface area contributed by atoms with Crippen molar-refractivity contribution in [1.82, 2.24) is 9.80 Å². The van der Waals surface area contributed by atoms with Crippen molar-refractivity contribution in [3.8, 4) is 0 Å². The summed E-state index contributed by atoms with van der Waals surface area (Å²) >= 11 is 6.08. The van der Waals surface area contributed by atoms with Crippen molar-refractivity contribution in [3.05, 3.63) is 70.5 Å². The smallest absolute Gasteiger partial charge is 0.256 e. The lowest BCUT2D eigenvalue weighted by atomic mass is 10.2. The predicted molar refractivity (Wildman–Crippen MR) is 105 cm³/mol. The van der Waals surface area contributed by atoms with Crippen LogP contribution in [0.5, 0.6) is 0 Å². The quantitative estimate of drug-likeness (QED) is 0.767. The first-order valence-electron chi connectivity index (χ1n) is 9.19. The summed E-state index contributed by atoms with van der Waals surface area (Å²) in [7, 11) is 0. The number of rotatable bonds is 5. The van der Waals surface area contributed by atoms with E-state index in [1.165, 1.54) is 12.1 Å². The highest BCUT2D eigenvalue weighted by atomic mass is 35.5. The number of hydrogen-bond donors (Lipinski definition) is 0. The molecule has 2 aromatic carbocycles. The van der Waals surface area contributed by atoms with Gasteiger partial charge in [0.15, 0.2) is 0 Å². The second-order valence-corrected chi connectivity index (χ2v) is 7.00. The number of carbonyl (C=O) groups excluding carboxylic acids is 2. The minimum absolute atomic E-state index is 0.0491. The third kappa shape index (κ3) is 5.09. The van der Waals surface area contributed by atoms with Gasteiger partial charge in [-0.15, -0.1) is 0 Å². The topological polar surface area (TPSA) is 49.9 Å². The summed E-state index contributed by atoms with van der Waals surface area (Å²) in [6, 6.07) is 13.3. The van der Waals surface area contributed by atoms with E-state index in [4.69, 9.17) is 16.3 Å². The van der Waals surface area contributed by atoms with Crippen LogP contribution in [0.4, 0.5) is 4.39 Å². The molecule has 5 nitrogen and oxygen atoms in total. The number of nitrogens with zero attached hydrogens (tertiary/aromatic N) is 2. The fourth-order valence-electron chi connectivity index (χ4n) is 3.13. The van der Waals surface area contributed by atoms with E-state index in [1.54, 1.807) is 28.0 Å². The molecule has 0 radical (unpaired) electrons. The maximum atomic E-state index is 13.9. The van der Waals surface area contributed by atoms with Crippen LogP contribution in [0, 0.1) is 5.82 Å². The van der Waals surface area contributed by atoms with Crippen molar-refractivity contribution >= 4 is 23.4 Å². The molecule has 7 heteroatoms. The fraction of sp³-hybridized carbons (Fsp3) is 0.333. The second kappa shape index (κ2) is 9.66. The zero-order chi connectivity index (χ0) is 19.9. The first-order valence-corrected chi connectivity index (χ1v) is 9.57. The van der Waals surface area contributed by atoms with Gasteiger partial charge in [-0.3, -0.25) is 9.59 Å². The molecule has 28 heavy (non-hydrogen) atoms. The molecule has 0 spiro atoms. The van der Waals surface area contributed by atoms with Crippen molar-refractivity contribution in [2.24, 2.45) is 0 Å². The maximum Gasteiger partial charge on any atom is 0.256 e. The second-order valence-electron chi connectivity index (χ2n) is 6.59. The maximum absolute atomic E-state index is 13.9. The third-order valence-corrected chi connectivity index (χ3v) is 5.05. The van der Waals surface area contributed by atoms with Gasteiger partial charge in [0, 0.05) is 31.2 Å². The first kappa shape index (κ1) is 20.3. The highest BCUT2D eigenvalue weighted by Gasteiger charge is 2.24. The van der Waals surface area contributed by atoms with Gasteiger partial charge in [0.05, 0.1) is 12.2 Å². The Labute approximate surface area is 168 Å². The predicted octanol–water partition coefficient (Wildman–Crippen LogP) is 3.37. The summed E-state index contributed by atoms with van der Waals surface area (Å²) in [5.41, 5.74) is 0.889. The van der Waals surface area contributed by atoms with Gasteiger partial charge in [0.1, 0.15) is 12.4 Å². The summed E-state index contributed by atoms with van der Waals surface area (Å²) in [5, 5.41) is 0.604. The van der Waals surface area contributed by atoms with Gasteiger partial charge in [0.25, 0.3) is 5.91 Å². The average molecular weight is 405 g/mol. The molecule has 2 amide bonds. The molecule has 0 aliphatic carbocycles. The molecule has 0 bridgehead atoms. The van der Waals surface area contributed by atoms with E-state index in [9.17, 15) is 14.0 Å². The number of benzene rings is 2. The molecular weight excluding hydrogens is 383 g/mol. The van der Waals surface area contributed by atoms with Gasteiger partial charge in [-0.2, -0.15) is 0 Å². The Morgan fingerprint density at radius 3 is 2.43 bits per heavy atom. The van der Waals surface area contributed by atoms with Gasteiger partial charge < -0.3 is 14.5 Å². The Morgan fingerprint density at radius 1 is 0.964 bits per heavy atom. The van der Waals surface area contributed by atoms with E-state index >= 15 is 0 Å². The monoisotopic (exact) mass is 404 g/mol. The summed E-state index contributed by atoms with van der Waals surface area (Å²) in [5.74, 6) is -1.01. The molecule has 0 saturated carbocycles. The van der Waals surface area contributed by atoms with Crippen molar-refractivity contribution in [3.63, 3.8) is 0 Å². The molecular formula is C21H22ClFN2O3. The zero-order valence-electron chi connectivity index (χ0n) is 15.4. The summed E-state index contributed by atoms with van der Waals surface area (Å²) < 4.78 is 19.4. The lowest BCUT2D eigenvalue weighted by Gasteiger charge is -2.22. The molecule has 0 aromatic heterocycles. The van der Waals surface area contributed by atoms with E-state index in [0.29, 0.717) is 37.6 Å². The Kier molecular flexibility index (Phi) is 7.01. The molecule has 1 aliphatic rings. The van der Waals surface area contributed by atoms with Crippen LogP contribution in [0.15, 0.2) is 48.5 Å². The van der Waals surface area contributed by atoms with Crippen LogP contribution in [-0.2, 0) is 16.1 Å². The normalized spacial score (nSPS) is 14.6. The molecule has 1 saturated heterocycles. The summed E-state index contributed by atoms with van der Waals surface area (Å²) in [4.78, 5) is 28.3. The van der Waals surface area contributed by atoms with E-state index in [0.717, 1.165) is 5.56 Å². The number of amides is 2. The lowest BCUT2D eigenvalue weighted by molar-refractivity contribution is -0.136. The van der Waals surface area contributed by atoms with E-state index in [1.807, 2.05) is 18.2 Å². The molecule has 1 fully saturated rings. The molecule has 0 atom stereocenters. The Hall–Kier alpha value is -2.44. The van der Waals surface area contributed by atoms with Crippen LogP contribution in [0.1, 0.15) is 22.3 Å². The van der Waals surface area contributed by atoms with Gasteiger partial charge in [-0.05, 0) is 30.2 Å². The largest absolute Gasteiger partial charge is 0.367 e. The van der Waals surface area contributed by atoms with Crippen LogP contribution < -0.4 is 0 Å². The molecule has 1 aliphatic heterocycles. The first-order chi connectivity index (χ1) is 13.6. The van der Waals surface area contributed by atoms with E-state index in [2.05, 4.69) is 0 Å². The van der Waals surface area contributed by atoms with Crippen molar-refractivity contribution in [2.75, 3.05) is 32.8 Å². The third-order valence-electron chi connectivity index (χ3n) is 4.68.